The molecule has 2 atom stereocenters. The normalized spacial score (nSPS) is 40.2. The second-order valence-electron chi connectivity index (χ2n) is 12.4. The molecule has 0 radical (unpaired) electrons. The van der Waals surface area contributed by atoms with Gasteiger partial charge in [0, 0.05) is 37.3 Å². The summed E-state index contributed by atoms with van der Waals surface area (Å²) < 4.78 is 0. The highest BCUT2D eigenvalue weighted by molar-refractivity contribution is 5.79. The monoisotopic (exact) mass is 416 g/mol. The molecule has 4 saturated carbocycles. The molecule has 6 bridgehead atoms. The van der Waals surface area contributed by atoms with Crippen LogP contribution in [0.15, 0.2) is 0 Å². The fourth-order valence-electron chi connectivity index (χ4n) is 7.84. The van der Waals surface area contributed by atoms with Crippen LogP contribution in [0, 0.1) is 23.2 Å². The first-order valence-electron chi connectivity index (χ1n) is 12.2. The predicted octanol–water partition coefficient (Wildman–Crippen LogP) is 1.99. The standard InChI is InChI=1S/C24H40N4O2/c1-23(2,3)26-22(30)14-28-19-7-20(28)12-27(11-19)13-21(29)25-15-24-8-16-4-17(9-24)6-18(5-16)10-24/h16-20H,4-15H2,1-3H3,(H,25,29)(H,26,30). The number of nitrogens with one attached hydrogen (secondary N) is 2. The Morgan fingerprint density at radius 3 is 1.97 bits per heavy atom. The van der Waals surface area contributed by atoms with E-state index in [0.717, 1.165) is 43.8 Å². The third kappa shape index (κ3) is 4.27. The summed E-state index contributed by atoms with van der Waals surface area (Å²) in [5.41, 5.74) is 0.226. The van der Waals surface area contributed by atoms with Gasteiger partial charge >= 0.3 is 0 Å². The smallest absolute Gasteiger partial charge is 0.234 e. The minimum atomic E-state index is -0.183. The first-order valence-corrected chi connectivity index (χ1v) is 12.2. The summed E-state index contributed by atoms with van der Waals surface area (Å²) in [6, 6.07) is 0.843. The molecule has 6 nitrogen and oxygen atoms in total. The van der Waals surface area contributed by atoms with E-state index in [1.807, 2.05) is 20.8 Å². The van der Waals surface area contributed by atoms with Gasteiger partial charge in [0.1, 0.15) is 0 Å². The third-order valence-electron chi connectivity index (χ3n) is 8.45. The lowest BCUT2D eigenvalue weighted by atomic mass is 9.49. The van der Waals surface area contributed by atoms with Crippen LogP contribution in [0.25, 0.3) is 0 Å². The molecule has 2 N–H and O–H groups in total. The zero-order valence-electron chi connectivity index (χ0n) is 19.1. The molecule has 0 aromatic heterocycles. The first kappa shape index (κ1) is 20.7. The third-order valence-corrected chi connectivity index (χ3v) is 8.45. The Labute approximate surface area is 181 Å². The Bertz CT molecular complexity index is 653. The average molecular weight is 417 g/mol. The van der Waals surface area contributed by atoms with Crippen molar-refractivity contribution in [3.63, 3.8) is 0 Å². The van der Waals surface area contributed by atoms with Gasteiger partial charge in [0.15, 0.2) is 0 Å². The van der Waals surface area contributed by atoms with Crippen LogP contribution < -0.4 is 10.6 Å². The Hall–Kier alpha value is -1.14. The van der Waals surface area contributed by atoms with Crippen LogP contribution in [0.1, 0.15) is 65.7 Å². The van der Waals surface area contributed by atoms with E-state index >= 15 is 0 Å². The largest absolute Gasteiger partial charge is 0.354 e. The molecule has 0 aromatic carbocycles. The van der Waals surface area contributed by atoms with Gasteiger partial charge in [0.25, 0.3) is 0 Å². The van der Waals surface area contributed by atoms with Crippen molar-refractivity contribution in [1.82, 2.24) is 20.4 Å². The minimum Gasteiger partial charge on any atom is -0.354 e. The van der Waals surface area contributed by atoms with Crippen LogP contribution >= 0.6 is 0 Å². The van der Waals surface area contributed by atoms with Crippen molar-refractivity contribution in [3.05, 3.63) is 0 Å². The zero-order chi connectivity index (χ0) is 21.1. The minimum absolute atomic E-state index is 0.110. The molecule has 168 valence electrons. The zero-order valence-corrected chi connectivity index (χ0v) is 19.1. The summed E-state index contributed by atoms with van der Waals surface area (Å²) in [6.45, 7) is 9.77. The Kier molecular flexibility index (Phi) is 5.17. The molecule has 0 spiro atoms. The fraction of sp³-hybridized carbons (Fsp3) is 0.917. The summed E-state index contributed by atoms with van der Waals surface area (Å²) in [4.78, 5) is 29.6. The number of nitrogens with zero attached hydrogens (tertiary/aromatic N) is 2. The van der Waals surface area contributed by atoms with Crippen molar-refractivity contribution in [2.24, 2.45) is 23.2 Å². The van der Waals surface area contributed by atoms with E-state index in [1.165, 1.54) is 38.5 Å². The van der Waals surface area contributed by atoms with Gasteiger partial charge < -0.3 is 10.6 Å². The highest BCUT2D eigenvalue weighted by Crippen LogP contribution is 2.59. The Balaban J connectivity index is 1.06. The number of fused-ring (bicyclic) bond motifs is 2. The van der Waals surface area contributed by atoms with E-state index < -0.39 is 0 Å². The number of amides is 2. The van der Waals surface area contributed by atoms with Crippen LogP contribution in [0.3, 0.4) is 0 Å². The number of piperazine rings is 1. The van der Waals surface area contributed by atoms with Crippen LogP contribution in [0.2, 0.25) is 0 Å². The quantitative estimate of drug-likeness (QED) is 0.695. The maximum Gasteiger partial charge on any atom is 0.234 e. The van der Waals surface area contributed by atoms with Crippen LogP contribution in [-0.4, -0.2) is 72.0 Å². The summed E-state index contributed by atoms with van der Waals surface area (Å²) in [5.74, 6) is 3.11. The molecule has 2 amide bonds. The number of rotatable bonds is 6. The van der Waals surface area contributed by atoms with E-state index in [0.29, 0.717) is 30.6 Å². The number of hydrogen-bond donors (Lipinski definition) is 2. The van der Waals surface area contributed by atoms with E-state index in [1.54, 1.807) is 0 Å². The molecule has 7 rings (SSSR count). The van der Waals surface area contributed by atoms with E-state index in [4.69, 9.17) is 0 Å². The van der Waals surface area contributed by atoms with Crippen molar-refractivity contribution in [3.8, 4) is 0 Å². The van der Waals surface area contributed by atoms with Crippen molar-refractivity contribution < 1.29 is 9.59 Å². The van der Waals surface area contributed by atoms with Gasteiger partial charge in [0.05, 0.1) is 13.1 Å². The van der Waals surface area contributed by atoms with Crippen LogP contribution in [-0.2, 0) is 9.59 Å². The molecule has 3 aliphatic heterocycles. The molecule has 6 heteroatoms. The van der Waals surface area contributed by atoms with Gasteiger partial charge in [0.2, 0.25) is 11.8 Å². The molecular weight excluding hydrogens is 376 g/mol. The first-order chi connectivity index (χ1) is 14.2. The number of piperidine rings is 1. The summed E-state index contributed by atoms with van der Waals surface area (Å²) in [5, 5.41) is 6.39. The van der Waals surface area contributed by atoms with Crippen LogP contribution in [0.4, 0.5) is 0 Å². The SMILES string of the molecule is CC(C)(C)NC(=O)CN1C2CC1CN(CC(=O)NCC13CC4CC(CC(C4)C1)C3)C2. The maximum atomic E-state index is 12.7. The van der Waals surface area contributed by atoms with Gasteiger partial charge in [-0.3, -0.25) is 19.4 Å². The number of carbonyl (C=O) groups is 2. The maximum absolute atomic E-state index is 12.7. The van der Waals surface area contributed by atoms with Gasteiger partial charge in [-0.2, -0.15) is 0 Å². The van der Waals surface area contributed by atoms with Gasteiger partial charge in [-0.05, 0) is 88.9 Å². The lowest BCUT2D eigenvalue weighted by molar-refractivity contribution is -0.136. The molecule has 30 heavy (non-hydrogen) atoms. The van der Waals surface area contributed by atoms with E-state index in [9.17, 15) is 9.59 Å². The topological polar surface area (TPSA) is 64.7 Å². The van der Waals surface area contributed by atoms with Crippen LogP contribution in [0.5, 0.6) is 0 Å². The van der Waals surface area contributed by atoms with E-state index in [-0.39, 0.29) is 17.4 Å². The summed E-state index contributed by atoms with van der Waals surface area (Å²) in [6.07, 6.45) is 9.56. The van der Waals surface area contributed by atoms with Gasteiger partial charge in [-0.1, -0.05) is 0 Å². The van der Waals surface area contributed by atoms with Crippen molar-refractivity contribution >= 4 is 11.8 Å². The molecule has 7 fully saturated rings. The molecule has 0 aromatic rings. The van der Waals surface area contributed by atoms with E-state index in [2.05, 4.69) is 20.4 Å². The van der Waals surface area contributed by atoms with Gasteiger partial charge in [-0.25, -0.2) is 0 Å². The molecule has 4 aliphatic carbocycles. The Morgan fingerprint density at radius 2 is 1.43 bits per heavy atom. The predicted molar refractivity (Wildman–Crippen MR) is 117 cm³/mol. The van der Waals surface area contributed by atoms with Gasteiger partial charge in [-0.15, -0.1) is 0 Å². The molecule has 3 saturated heterocycles. The highest BCUT2D eigenvalue weighted by Gasteiger charge is 2.51. The fourth-order valence-corrected chi connectivity index (χ4v) is 7.84. The molecule has 7 aliphatic rings. The average Bonchev–Trinajstić information content (AvgIpc) is 2.62. The summed E-state index contributed by atoms with van der Waals surface area (Å²) in [7, 11) is 0. The lowest BCUT2D eigenvalue weighted by Gasteiger charge is -2.57. The molecular formula is C24H40N4O2. The number of hydrogen-bond acceptors (Lipinski definition) is 4. The molecule has 3 heterocycles. The second kappa shape index (κ2) is 7.47. The van der Waals surface area contributed by atoms with Crippen molar-refractivity contribution in [1.29, 1.82) is 0 Å². The highest BCUT2D eigenvalue weighted by atomic mass is 16.2. The lowest BCUT2D eigenvalue weighted by Crippen LogP contribution is -2.70. The molecule has 2 unspecified atom stereocenters. The van der Waals surface area contributed by atoms with Crippen molar-refractivity contribution in [2.75, 3.05) is 32.7 Å². The second-order valence-corrected chi connectivity index (χ2v) is 12.4. The number of carbonyl (C=O) groups excluding carboxylic acids is 2. The Morgan fingerprint density at radius 1 is 0.867 bits per heavy atom. The van der Waals surface area contributed by atoms with Crippen molar-refractivity contribution in [2.45, 2.75) is 83.3 Å². The summed E-state index contributed by atoms with van der Waals surface area (Å²) >= 11 is 0.